The number of anilines is 1. The Kier molecular flexibility index (Phi) is 4.50. The summed E-state index contributed by atoms with van der Waals surface area (Å²) in [5, 5.41) is 0.998. The van der Waals surface area contributed by atoms with Gasteiger partial charge in [-0.1, -0.05) is 18.2 Å². The van der Waals surface area contributed by atoms with E-state index in [9.17, 15) is 9.18 Å². The maximum atomic E-state index is 13.1. The molecule has 5 nitrogen and oxygen atoms in total. The fraction of sp³-hybridized carbons (Fsp3) is 0.200. The van der Waals surface area contributed by atoms with Crippen molar-refractivity contribution in [1.82, 2.24) is 4.98 Å². The van der Waals surface area contributed by atoms with Gasteiger partial charge in [-0.25, -0.2) is 4.39 Å². The highest BCUT2D eigenvalue weighted by atomic mass is 19.1. The van der Waals surface area contributed by atoms with Gasteiger partial charge in [-0.3, -0.25) is 9.78 Å². The van der Waals surface area contributed by atoms with E-state index in [0.717, 1.165) is 10.9 Å². The van der Waals surface area contributed by atoms with E-state index in [1.54, 1.807) is 23.2 Å². The number of amides is 1. The van der Waals surface area contributed by atoms with Gasteiger partial charge in [0, 0.05) is 17.3 Å². The molecule has 1 aliphatic heterocycles. The Hall–Kier alpha value is -2.99. The number of ether oxygens (including phenoxy) is 2. The lowest BCUT2D eigenvalue weighted by Gasteiger charge is -2.32. The van der Waals surface area contributed by atoms with Crippen molar-refractivity contribution < 1.29 is 18.7 Å². The lowest BCUT2D eigenvalue weighted by molar-refractivity contribution is -0.130. The van der Waals surface area contributed by atoms with E-state index in [4.69, 9.17) is 9.47 Å². The van der Waals surface area contributed by atoms with Gasteiger partial charge in [0.25, 0.3) is 5.91 Å². The number of carbonyl (C=O) groups excluding carboxylic acids is 1. The molecule has 132 valence electrons. The van der Waals surface area contributed by atoms with Crippen molar-refractivity contribution in [2.75, 3.05) is 24.7 Å². The zero-order valence-electron chi connectivity index (χ0n) is 14.0. The molecule has 0 radical (unpaired) electrons. The van der Waals surface area contributed by atoms with E-state index < -0.39 is 0 Å². The fourth-order valence-electron chi connectivity index (χ4n) is 2.97. The number of halogens is 1. The van der Waals surface area contributed by atoms with Crippen LogP contribution in [0.25, 0.3) is 10.9 Å². The number of morpholine rings is 1. The molecule has 0 N–H and O–H groups in total. The molecule has 2 heterocycles. The van der Waals surface area contributed by atoms with Crippen molar-refractivity contribution in [2.24, 2.45) is 0 Å². The molecule has 1 fully saturated rings. The summed E-state index contributed by atoms with van der Waals surface area (Å²) in [7, 11) is 0. The third kappa shape index (κ3) is 3.36. The van der Waals surface area contributed by atoms with E-state index in [0.29, 0.717) is 24.6 Å². The molecular formula is C20H17FN2O3. The minimum atomic E-state index is -0.335. The monoisotopic (exact) mass is 352 g/mol. The number of nitrogens with zero attached hydrogens (tertiary/aromatic N) is 2. The van der Waals surface area contributed by atoms with Crippen LogP contribution in [0.5, 0.6) is 5.75 Å². The van der Waals surface area contributed by atoms with Gasteiger partial charge < -0.3 is 14.4 Å². The number of hydrogen-bond acceptors (Lipinski definition) is 4. The van der Waals surface area contributed by atoms with E-state index in [2.05, 4.69) is 4.98 Å². The van der Waals surface area contributed by atoms with Crippen LogP contribution < -0.4 is 9.64 Å². The van der Waals surface area contributed by atoms with Crippen molar-refractivity contribution in [3.63, 3.8) is 0 Å². The summed E-state index contributed by atoms with van der Waals surface area (Å²) in [4.78, 5) is 18.1. The summed E-state index contributed by atoms with van der Waals surface area (Å²) in [5.74, 6) is 0.189. The standard InChI is InChI=1S/C20H17FN2O3/c21-15-6-8-16(9-7-15)23-11-17(25-13-19(23)24)12-26-18-5-1-3-14-4-2-10-22-20(14)18/h1-10,17H,11-13H2. The Bertz CT molecular complexity index is 924. The molecule has 0 spiro atoms. The van der Waals surface area contributed by atoms with Crippen molar-refractivity contribution in [2.45, 2.75) is 6.10 Å². The molecule has 0 aliphatic carbocycles. The normalized spacial score (nSPS) is 17.5. The number of carbonyl (C=O) groups is 1. The number of benzene rings is 2. The first kappa shape index (κ1) is 16.5. The van der Waals surface area contributed by atoms with Crippen molar-refractivity contribution in [3.8, 4) is 5.75 Å². The molecule has 1 aliphatic rings. The Morgan fingerprint density at radius 3 is 2.81 bits per heavy atom. The number of fused-ring (bicyclic) bond motifs is 1. The highest BCUT2D eigenvalue weighted by molar-refractivity contribution is 5.95. The third-order valence-corrected chi connectivity index (χ3v) is 4.29. The second kappa shape index (κ2) is 7.09. The molecule has 1 atom stereocenters. The Labute approximate surface area is 150 Å². The molecule has 0 bridgehead atoms. The van der Waals surface area contributed by atoms with Gasteiger partial charge in [-0.2, -0.15) is 0 Å². The number of hydrogen-bond donors (Lipinski definition) is 0. The van der Waals surface area contributed by atoms with Gasteiger partial charge in [-0.05, 0) is 36.4 Å². The molecule has 0 saturated carbocycles. The fourth-order valence-corrected chi connectivity index (χ4v) is 2.97. The number of rotatable bonds is 4. The van der Waals surface area contributed by atoms with E-state index in [-0.39, 0.29) is 24.4 Å². The minimum Gasteiger partial charge on any atom is -0.489 e. The summed E-state index contributed by atoms with van der Waals surface area (Å²) in [6.45, 7) is 0.614. The average Bonchev–Trinajstić information content (AvgIpc) is 2.68. The van der Waals surface area contributed by atoms with E-state index in [1.165, 1.54) is 12.1 Å². The molecule has 6 heteroatoms. The molecule has 26 heavy (non-hydrogen) atoms. The maximum absolute atomic E-state index is 13.1. The van der Waals surface area contributed by atoms with Crippen molar-refractivity contribution in [1.29, 1.82) is 0 Å². The van der Waals surface area contributed by atoms with Crippen LogP contribution in [-0.2, 0) is 9.53 Å². The molecule has 4 rings (SSSR count). The second-order valence-electron chi connectivity index (χ2n) is 6.06. The summed E-state index contributed by atoms with van der Waals surface area (Å²) in [6.07, 6.45) is 1.44. The van der Waals surface area contributed by atoms with Crippen LogP contribution in [0.4, 0.5) is 10.1 Å². The van der Waals surface area contributed by atoms with Crippen LogP contribution >= 0.6 is 0 Å². The quantitative estimate of drug-likeness (QED) is 0.724. The summed E-state index contributed by atoms with van der Waals surface area (Å²) in [5.41, 5.74) is 1.44. The first-order valence-corrected chi connectivity index (χ1v) is 8.35. The summed E-state index contributed by atoms with van der Waals surface area (Å²) >= 11 is 0. The average molecular weight is 352 g/mol. The van der Waals surface area contributed by atoms with Crippen molar-refractivity contribution >= 4 is 22.5 Å². The van der Waals surface area contributed by atoms with Crippen LogP contribution in [0.3, 0.4) is 0 Å². The zero-order valence-corrected chi connectivity index (χ0v) is 14.0. The lowest BCUT2D eigenvalue weighted by atomic mass is 10.2. The van der Waals surface area contributed by atoms with Gasteiger partial charge >= 0.3 is 0 Å². The maximum Gasteiger partial charge on any atom is 0.253 e. The van der Waals surface area contributed by atoms with Crippen LogP contribution in [-0.4, -0.2) is 36.8 Å². The molecule has 2 aromatic carbocycles. The Morgan fingerprint density at radius 1 is 1.15 bits per heavy atom. The largest absolute Gasteiger partial charge is 0.489 e. The molecule has 1 saturated heterocycles. The molecule has 1 aromatic heterocycles. The lowest BCUT2D eigenvalue weighted by Crippen LogP contribution is -2.48. The van der Waals surface area contributed by atoms with Crippen LogP contribution in [0.15, 0.2) is 60.8 Å². The number of aromatic nitrogens is 1. The highest BCUT2D eigenvalue weighted by Gasteiger charge is 2.28. The van der Waals surface area contributed by atoms with Gasteiger partial charge in [-0.15, -0.1) is 0 Å². The van der Waals surface area contributed by atoms with E-state index >= 15 is 0 Å². The van der Waals surface area contributed by atoms with Crippen LogP contribution in [0, 0.1) is 5.82 Å². The summed E-state index contributed by atoms with van der Waals surface area (Å²) < 4.78 is 24.6. The van der Waals surface area contributed by atoms with E-state index in [1.807, 2.05) is 30.3 Å². The topological polar surface area (TPSA) is 51.7 Å². The summed E-state index contributed by atoms with van der Waals surface area (Å²) in [6, 6.07) is 15.5. The Balaban J connectivity index is 1.46. The Morgan fingerprint density at radius 2 is 1.96 bits per heavy atom. The second-order valence-corrected chi connectivity index (χ2v) is 6.06. The zero-order chi connectivity index (χ0) is 17.9. The number of pyridine rings is 1. The third-order valence-electron chi connectivity index (χ3n) is 4.29. The van der Waals surface area contributed by atoms with Gasteiger partial charge in [0.2, 0.25) is 0 Å². The first-order valence-electron chi connectivity index (χ1n) is 8.35. The number of para-hydroxylation sites is 1. The predicted molar refractivity (Wildman–Crippen MR) is 95.7 cm³/mol. The molecule has 1 amide bonds. The minimum absolute atomic E-state index is 0.0286. The van der Waals surface area contributed by atoms with Crippen molar-refractivity contribution in [3.05, 3.63) is 66.6 Å². The SMILES string of the molecule is O=C1COC(COc2cccc3cccnc23)CN1c1ccc(F)cc1. The highest BCUT2D eigenvalue weighted by Crippen LogP contribution is 2.24. The van der Waals surface area contributed by atoms with Crippen LogP contribution in [0.1, 0.15) is 0 Å². The molecule has 3 aromatic rings. The molecule has 1 unspecified atom stereocenters. The predicted octanol–water partition coefficient (Wildman–Crippen LogP) is 3.18. The van der Waals surface area contributed by atoms with Gasteiger partial charge in [0.15, 0.2) is 0 Å². The van der Waals surface area contributed by atoms with Gasteiger partial charge in [0.1, 0.15) is 36.4 Å². The van der Waals surface area contributed by atoms with Crippen LogP contribution in [0.2, 0.25) is 0 Å². The van der Waals surface area contributed by atoms with Gasteiger partial charge in [0.05, 0.1) is 6.54 Å². The molecular weight excluding hydrogens is 335 g/mol. The first-order chi connectivity index (χ1) is 12.7. The smallest absolute Gasteiger partial charge is 0.253 e.